The van der Waals surface area contributed by atoms with Crippen molar-refractivity contribution in [2.45, 2.75) is 9.79 Å². The second kappa shape index (κ2) is 12.0. The molecule has 40 heavy (non-hydrogen) atoms. The fourth-order valence-corrected chi connectivity index (χ4v) is 5.20. The second-order valence-corrected chi connectivity index (χ2v) is 11.1. The van der Waals surface area contributed by atoms with Gasteiger partial charge in [-0.2, -0.15) is 16.8 Å². The fourth-order valence-electron chi connectivity index (χ4n) is 3.35. The van der Waals surface area contributed by atoms with Crippen LogP contribution in [0.2, 0.25) is 0 Å². The van der Waals surface area contributed by atoms with Gasteiger partial charge in [0.1, 0.15) is 32.8 Å². The number of urea groups is 1. The maximum Gasteiger partial charge on any atom is 0.339 e. The van der Waals surface area contributed by atoms with Gasteiger partial charge in [-0.3, -0.25) is 0 Å². The summed E-state index contributed by atoms with van der Waals surface area (Å²) < 4.78 is 70.5. The summed E-state index contributed by atoms with van der Waals surface area (Å²) in [5.41, 5.74) is 0.617. The summed E-state index contributed by atoms with van der Waals surface area (Å²) in [7, 11) is -5.24. The van der Waals surface area contributed by atoms with Gasteiger partial charge in [0.15, 0.2) is 0 Å². The first-order valence-corrected chi connectivity index (χ1v) is 14.3. The number of methoxy groups -OCH3 is 2. The monoisotopic (exact) mass is 584 g/mol. The van der Waals surface area contributed by atoms with Crippen LogP contribution >= 0.6 is 0 Å². The van der Waals surface area contributed by atoms with Crippen LogP contribution in [0.1, 0.15) is 0 Å². The third-order valence-electron chi connectivity index (χ3n) is 5.31. The molecular weight excluding hydrogens is 560 g/mol. The lowest BCUT2D eigenvalue weighted by atomic mass is 10.3. The highest BCUT2D eigenvalue weighted by Gasteiger charge is 2.18. The molecule has 0 atom stereocenters. The van der Waals surface area contributed by atoms with Crippen molar-refractivity contribution < 1.29 is 39.5 Å². The minimum Gasteiger partial charge on any atom is -0.497 e. The first-order chi connectivity index (χ1) is 19.1. The van der Waals surface area contributed by atoms with Gasteiger partial charge in [0.2, 0.25) is 0 Å². The number of nitrogens with one attached hydrogen (secondary N) is 2. The van der Waals surface area contributed by atoms with E-state index in [2.05, 4.69) is 10.6 Å². The molecule has 2 N–H and O–H groups in total. The Morgan fingerprint density at radius 3 is 1.50 bits per heavy atom. The van der Waals surface area contributed by atoms with E-state index in [9.17, 15) is 21.6 Å². The number of amides is 2. The molecule has 0 aliphatic carbocycles. The maximum absolute atomic E-state index is 12.6. The Morgan fingerprint density at radius 2 is 1.00 bits per heavy atom. The zero-order chi connectivity index (χ0) is 28.8. The van der Waals surface area contributed by atoms with Crippen LogP contribution in [0.25, 0.3) is 0 Å². The summed E-state index contributed by atoms with van der Waals surface area (Å²) in [6, 6.07) is 22.3. The zero-order valence-electron chi connectivity index (χ0n) is 21.2. The molecule has 0 unspecified atom stereocenters. The Bertz CT molecular complexity index is 1690. The normalized spacial score (nSPS) is 11.2. The molecule has 13 heteroatoms. The van der Waals surface area contributed by atoms with Crippen molar-refractivity contribution in [1.29, 1.82) is 0 Å². The topological polar surface area (TPSA) is 146 Å². The second-order valence-electron chi connectivity index (χ2n) is 8.06. The van der Waals surface area contributed by atoms with Crippen molar-refractivity contribution in [2.75, 3.05) is 24.9 Å². The summed E-state index contributed by atoms with van der Waals surface area (Å²) in [6.45, 7) is 0. The van der Waals surface area contributed by atoms with Gasteiger partial charge in [-0.1, -0.05) is 6.07 Å². The number of ether oxygens (including phenoxy) is 2. The number of benzene rings is 4. The largest absolute Gasteiger partial charge is 0.497 e. The zero-order valence-corrected chi connectivity index (χ0v) is 22.9. The summed E-state index contributed by atoms with van der Waals surface area (Å²) >= 11 is 0. The van der Waals surface area contributed by atoms with Gasteiger partial charge in [-0.15, -0.1) is 0 Å². The van der Waals surface area contributed by atoms with Crippen molar-refractivity contribution in [3.8, 4) is 23.0 Å². The molecule has 208 valence electrons. The Balaban J connectivity index is 1.35. The Morgan fingerprint density at radius 1 is 0.550 bits per heavy atom. The van der Waals surface area contributed by atoms with E-state index in [0.717, 1.165) is 0 Å². The highest BCUT2D eigenvalue weighted by Crippen LogP contribution is 2.25. The van der Waals surface area contributed by atoms with Gasteiger partial charge >= 0.3 is 26.3 Å². The Hall–Kier alpha value is -4.75. The quantitative estimate of drug-likeness (QED) is 0.249. The molecule has 2 amide bonds. The molecule has 0 aliphatic rings. The number of hydrogen-bond donors (Lipinski definition) is 2. The van der Waals surface area contributed by atoms with Gasteiger partial charge in [0, 0.05) is 17.4 Å². The van der Waals surface area contributed by atoms with Gasteiger partial charge in [0.25, 0.3) is 0 Å². The molecule has 0 fully saturated rings. The molecule has 0 aliphatic heterocycles. The highest BCUT2D eigenvalue weighted by atomic mass is 32.2. The molecule has 11 nitrogen and oxygen atoms in total. The van der Waals surface area contributed by atoms with E-state index < -0.39 is 26.3 Å². The summed E-state index contributed by atoms with van der Waals surface area (Å²) in [5.74, 6) is 1.04. The summed E-state index contributed by atoms with van der Waals surface area (Å²) in [4.78, 5) is 12.4. The van der Waals surface area contributed by atoms with Crippen molar-refractivity contribution >= 4 is 37.6 Å². The van der Waals surface area contributed by atoms with Crippen LogP contribution in [0.15, 0.2) is 107 Å². The van der Waals surface area contributed by atoms with E-state index in [-0.39, 0.29) is 27.0 Å². The summed E-state index contributed by atoms with van der Waals surface area (Å²) in [5, 5.41) is 5.17. The average Bonchev–Trinajstić information content (AvgIpc) is 2.94. The minimum absolute atomic E-state index is 0.00631. The van der Waals surface area contributed by atoms with E-state index in [0.29, 0.717) is 17.2 Å². The van der Waals surface area contributed by atoms with Crippen LogP contribution < -0.4 is 28.5 Å². The lowest BCUT2D eigenvalue weighted by molar-refractivity contribution is 0.262. The molecule has 0 bridgehead atoms. The molecule has 0 aromatic heterocycles. The molecule has 4 aromatic rings. The number of carbonyl (C=O) groups is 1. The Labute approximate surface area is 231 Å². The SMILES string of the molecule is COc1ccc(S(=O)(=O)Oc2ccc(NC(=O)Nc3cccc(OS(=O)(=O)c4ccc(OC)cc4)c3)cc2)cc1. The van der Waals surface area contributed by atoms with Gasteiger partial charge in [-0.05, 0) is 84.9 Å². The van der Waals surface area contributed by atoms with E-state index >= 15 is 0 Å². The van der Waals surface area contributed by atoms with E-state index in [1.54, 1.807) is 6.07 Å². The van der Waals surface area contributed by atoms with Crippen LogP contribution in [0.3, 0.4) is 0 Å². The molecule has 4 aromatic carbocycles. The van der Waals surface area contributed by atoms with Gasteiger partial charge in [0.05, 0.1) is 14.2 Å². The standard InChI is InChI=1S/C27H24N2O9S2/c1-35-21-10-14-25(15-11-21)39(31,32)37-23-8-6-19(7-9-23)28-27(30)29-20-4-3-5-24(18-20)38-40(33,34)26-16-12-22(36-2)13-17-26/h3-18H,1-2H3,(H2,28,29,30). The molecule has 0 radical (unpaired) electrons. The van der Waals surface area contributed by atoms with E-state index in [1.807, 2.05) is 0 Å². The van der Waals surface area contributed by atoms with Crippen molar-refractivity contribution in [2.24, 2.45) is 0 Å². The van der Waals surface area contributed by atoms with Crippen LogP contribution in [-0.4, -0.2) is 37.1 Å². The Kier molecular flexibility index (Phi) is 8.46. The first kappa shape index (κ1) is 28.3. The number of hydrogen-bond acceptors (Lipinski definition) is 9. The van der Waals surface area contributed by atoms with Crippen LogP contribution in [0.4, 0.5) is 16.2 Å². The first-order valence-electron chi connectivity index (χ1n) is 11.5. The maximum atomic E-state index is 12.6. The van der Waals surface area contributed by atoms with Crippen LogP contribution in [0.5, 0.6) is 23.0 Å². The number of rotatable bonds is 10. The lowest BCUT2D eigenvalue weighted by Gasteiger charge is -2.11. The molecule has 0 heterocycles. The highest BCUT2D eigenvalue weighted by molar-refractivity contribution is 7.87. The van der Waals surface area contributed by atoms with Crippen molar-refractivity contribution in [3.63, 3.8) is 0 Å². The predicted octanol–water partition coefficient (Wildman–Crippen LogP) is 4.88. The lowest BCUT2D eigenvalue weighted by Crippen LogP contribution is -2.19. The van der Waals surface area contributed by atoms with E-state index in [1.165, 1.54) is 105 Å². The van der Waals surface area contributed by atoms with E-state index in [4.69, 9.17) is 17.8 Å². The van der Waals surface area contributed by atoms with Crippen molar-refractivity contribution in [1.82, 2.24) is 0 Å². The molecule has 4 rings (SSSR count). The van der Waals surface area contributed by atoms with Crippen molar-refractivity contribution in [3.05, 3.63) is 97.1 Å². The third-order valence-corrected chi connectivity index (χ3v) is 7.83. The minimum atomic E-state index is -4.11. The number of anilines is 2. The average molecular weight is 585 g/mol. The van der Waals surface area contributed by atoms with Crippen LogP contribution in [0, 0.1) is 0 Å². The third kappa shape index (κ3) is 7.21. The van der Waals surface area contributed by atoms with Gasteiger partial charge < -0.3 is 28.5 Å². The smallest absolute Gasteiger partial charge is 0.339 e. The molecular formula is C27H24N2O9S2. The van der Waals surface area contributed by atoms with Gasteiger partial charge in [-0.25, -0.2) is 4.79 Å². The fraction of sp³-hybridized carbons (Fsp3) is 0.0741. The number of carbonyl (C=O) groups excluding carboxylic acids is 1. The predicted molar refractivity (Wildman–Crippen MR) is 147 cm³/mol. The summed E-state index contributed by atoms with van der Waals surface area (Å²) in [6.07, 6.45) is 0. The molecule has 0 spiro atoms. The molecule has 0 saturated heterocycles. The van der Waals surface area contributed by atoms with Crippen LogP contribution in [-0.2, 0) is 20.2 Å². The molecule has 0 saturated carbocycles.